The molecule has 0 radical (unpaired) electrons. The van der Waals surface area contributed by atoms with E-state index in [1.54, 1.807) is 5.01 Å². The summed E-state index contributed by atoms with van der Waals surface area (Å²) < 4.78 is 0. The van der Waals surface area contributed by atoms with E-state index in [9.17, 15) is 0 Å². The normalized spacial score (nSPS) is 17.0. The molecule has 0 amide bonds. The van der Waals surface area contributed by atoms with Crippen molar-refractivity contribution in [3.05, 3.63) is 65.2 Å². The van der Waals surface area contributed by atoms with Crippen LogP contribution in [0.5, 0.6) is 0 Å². The number of fused-ring (bicyclic) bond motifs is 2. The molecule has 21 heavy (non-hydrogen) atoms. The van der Waals surface area contributed by atoms with Crippen molar-refractivity contribution in [2.75, 3.05) is 11.9 Å². The van der Waals surface area contributed by atoms with Gasteiger partial charge in [-0.2, -0.15) is 0 Å². The summed E-state index contributed by atoms with van der Waals surface area (Å²) >= 11 is 0. The topological polar surface area (TPSA) is 67.3 Å². The molecule has 0 fully saturated rings. The van der Waals surface area contributed by atoms with Gasteiger partial charge in [0.25, 0.3) is 0 Å². The Labute approximate surface area is 125 Å². The molecule has 4 nitrogen and oxygen atoms in total. The van der Waals surface area contributed by atoms with Crippen LogP contribution in [0, 0.1) is 0 Å². The Morgan fingerprint density at radius 3 is 2.48 bits per heavy atom. The van der Waals surface area contributed by atoms with Crippen LogP contribution in [0.4, 0.5) is 5.69 Å². The molecule has 2 aromatic carbocycles. The second-order valence-corrected chi connectivity index (χ2v) is 5.10. The summed E-state index contributed by atoms with van der Waals surface area (Å²) in [6.07, 6.45) is 0. The zero-order chi connectivity index (χ0) is 14.8. The molecular weight excluding hydrogens is 260 g/mol. The molecule has 5 N–H and O–H groups in total. The molecule has 0 saturated carbocycles. The molecule has 1 aliphatic rings. The largest absolute Gasteiger partial charge is 0.396 e. The fourth-order valence-electron chi connectivity index (χ4n) is 2.71. The number of hydrogen-bond donors (Lipinski definition) is 3. The van der Waals surface area contributed by atoms with E-state index in [4.69, 9.17) is 11.6 Å². The SMILES string of the molecule is CCN(N)/C1=C(\N)c2ccccc2CNc2ccccc21. The minimum absolute atomic E-state index is 0.687. The van der Waals surface area contributed by atoms with Gasteiger partial charge in [-0.1, -0.05) is 42.5 Å². The molecule has 1 aliphatic heterocycles. The van der Waals surface area contributed by atoms with Crippen LogP contribution in [-0.2, 0) is 6.54 Å². The monoisotopic (exact) mass is 280 g/mol. The third-order valence-corrected chi connectivity index (χ3v) is 3.84. The number of nitrogens with two attached hydrogens (primary N) is 2. The van der Waals surface area contributed by atoms with Gasteiger partial charge < -0.3 is 16.1 Å². The molecular formula is C17H20N4. The molecule has 0 aromatic heterocycles. The summed E-state index contributed by atoms with van der Waals surface area (Å²) in [5, 5.41) is 5.19. The van der Waals surface area contributed by atoms with Crippen molar-refractivity contribution < 1.29 is 0 Å². The molecule has 0 bridgehead atoms. The van der Waals surface area contributed by atoms with Crippen molar-refractivity contribution in [1.29, 1.82) is 0 Å². The third-order valence-electron chi connectivity index (χ3n) is 3.84. The predicted octanol–water partition coefficient (Wildman–Crippen LogP) is 2.59. The molecule has 1 heterocycles. The van der Waals surface area contributed by atoms with Gasteiger partial charge in [0, 0.05) is 29.9 Å². The number of hydrazine groups is 1. The van der Waals surface area contributed by atoms with Crippen molar-refractivity contribution in [3.8, 4) is 0 Å². The van der Waals surface area contributed by atoms with Gasteiger partial charge in [0.15, 0.2) is 0 Å². The van der Waals surface area contributed by atoms with Crippen molar-refractivity contribution in [2.24, 2.45) is 11.6 Å². The maximum atomic E-state index is 6.48. The zero-order valence-corrected chi connectivity index (χ0v) is 12.1. The molecule has 0 spiro atoms. The summed E-state index contributed by atoms with van der Waals surface area (Å²) in [5.41, 5.74) is 12.4. The maximum Gasteiger partial charge on any atom is 0.0846 e. The van der Waals surface area contributed by atoms with Gasteiger partial charge >= 0.3 is 0 Å². The lowest BCUT2D eigenvalue weighted by molar-refractivity contribution is 0.441. The minimum Gasteiger partial charge on any atom is -0.396 e. The number of rotatable bonds is 2. The lowest BCUT2D eigenvalue weighted by Gasteiger charge is -2.28. The average Bonchev–Trinajstić information content (AvgIpc) is 2.52. The van der Waals surface area contributed by atoms with E-state index in [1.165, 1.54) is 5.56 Å². The van der Waals surface area contributed by atoms with Crippen LogP contribution in [-0.4, -0.2) is 11.6 Å². The Morgan fingerprint density at radius 2 is 1.71 bits per heavy atom. The lowest BCUT2D eigenvalue weighted by atomic mass is 9.97. The zero-order valence-electron chi connectivity index (χ0n) is 12.1. The van der Waals surface area contributed by atoms with Crippen molar-refractivity contribution in [2.45, 2.75) is 13.5 Å². The summed E-state index contributed by atoms with van der Waals surface area (Å²) in [6.45, 7) is 3.45. The van der Waals surface area contributed by atoms with Gasteiger partial charge in [0.2, 0.25) is 0 Å². The number of anilines is 1. The second-order valence-electron chi connectivity index (χ2n) is 5.10. The van der Waals surface area contributed by atoms with E-state index in [0.717, 1.165) is 34.8 Å². The smallest absolute Gasteiger partial charge is 0.0846 e. The molecule has 4 heteroatoms. The highest BCUT2D eigenvalue weighted by molar-refractivity contribution is 5.93. The summed E-state index contributed by atoms with van der Waals surface area (Å²) in [7, 11) is 0. The number of nitrogens with zero attached hydrogens (tertiary/aromatic N) is 1. The number of nitrogens with one attached hydrogen (secondary N) is 1. The van der Waals surface area contributed by atoms with Gasteiger partial charge in [-0.05, 0) is 18.6 Å². The van der Waals surface area contributed by atoms with Gasteiger partial charge in [0.1, 0.15) is 0 Å². The summed E-state index contributed by atoms with van der Waals surface area (Å²) in [5.74, 6) is 6.20. The second kappa shape index (κ2) is 5.50. The molecule has 0 aliphatic carbocycles. The Bertz CT molecular complexity index is 691. The highest BCUT2D eigenvalue weighted by atomic mass is 15.4. The van der Waals surface area contributed by atoms with E-state index < -0.39 is 0 Å². The molecule has 0 unspecified atom stereocenters. The van der Waals surface area contributed by atoms with Crippen LogP contribution in [0.25, 0.3) is 11.4 Å². The van der Waals surface area contributed by atoms with Crippen LogP contribution in [0.15, 0.2) is 48.5 Å². The third kappa shape index (κ3) is 2.34. The van der Waals surface area contributed by atoms with Crippen LogP contribution in [0.1, 0.15) is 23.6 Å². The molecule has 0 atom stereocenters. The average molecular weight is 280 g/mol. The Kier molecular flexibility index (Phi) is 3.54. The highest BCUT2D eigenvalue weighted by Crippen LogP contribution is 2.33. The van der Waals surface area contributed by atoms with Gasteiger partial charge in [0.05, 0.1) is 11.4 Å². The number of benzene rings is 2. The Hall–Kier alpha value is -2.46. The molecule has 0 saturated heterocycles. The van der Waals surface area contributed by atoms with E-state index in [2.05, 4.69) is 17.4 Å². The molecule has 3 rings (SSSR count). The van der Waals surface area contributed by atoms with Gasteiger partial charge in [-0.25, -0.2) is 5.84 Å². The van der Waals surface area contributed by atoms with Gasteiger partial charge in [-0.15, -0.1) is 0 Å². The van der Waals surface area contributed by atoms with Crippen molar-refractivity contribution >= 4 is 17.1 Å². The standard InChI is InChI=1S/C17H20N4/c1-2-21(19)17-14-9-5-6-10-15(14)20-11-12-7-3-4-8-13(12)16(17)18/h3-10,20H,2,11,18-19H2,1H3/b17-16-. The minimum atomic E-state index is 0.687. The number of para-hydroxylation sites is 1. The first-order chi connectivity index (χ1) is 10.2. The Balaban J connectivity index is 2.29. The predicted molar refractivity (Wildman–Crippen MR) is 87.8 cm³/mol. The van der Waals surface area contributed by atoms with Crippen molar-refractivity contribution in [1.82, 2.24) is 5.01 Å². The summed E-state index contributed by atoms with van der Waals surface area (Å²) in [4.78, 5) is 0. The van der Waals surface area contributed by atoms with E-state index in [-0.39, 0.29) is 0 Å². The van der Waals surface area contributed by atoms with Crippen molar-refractivity contribution in [3.63, 3.8) is 0 Å². The van der Waals surface area contributed by atoms with Crippen LogP contribution in [0.3, 0.4) is 0 Å². The van der Waals surface area contributed by atoms with E-state index >= 15 is 0 Å². The fraction of sp³-hybridized carbons (Fsp3) is 0.176. The molecule has 2 aromatic rings. The fourth-order valence-corrected chi connectivity index (χ4v) is 2.71. The van der Waals surface area contributed by atoms with E-state index in [1.807, 2.05) is 43.3 Å². The quantitative estimate of drug-likeness (QED) is 0.584. The van der Waals surface area contributed by atoms with Crippen LogP contribution < -0.4 is 16.9 Å². The number of hydrogen-bond acceptors (Lipinski definition) is 4. The Morgan fingerprint density at radius 1 is 1.05 bits per heavy atom. The highest BCUT2D eigenvalue weighted by Gasteiger charge is 2.20. The van der Waals surface area contributed by atoms with Gasteiger partial charge in [-0.3, -0.25) is 0 Å². The summed E-state index contributed by atoms with van der Waals surface area (Å²) in [6, 6.07) is 16.3. The first-order valence-corrected chi connectivity index (χ1v) is 7.16. The van der Waals surface area contributed by atoms with Crippen LogP contribution >= 0.6 is 0 Å². The molecule has 108 valence electrons. The van der Waals surface area contributed by atoms with E-state index in [0.29, 0.717) is 6.54 Å². The maximum absolute atomic E-state index is 6.48. The lowest BCUT2D eigenvalue weighted by Crippen LogP contribution is -2.32. The first-order valence-electron chi connectivity index (χ1n) is 7.16. The first kappa shape index (κ1) is 13.5. The van der Waals surface area contributed by atoms with Crippen LogP contribution in [0.2, 0.25) is 0 Å².